The second-order valence-corrected chi connectivity index (χ2v) is 7.79. The summed E-state index contributed by atoms with van der Waals surface area (Å²) in [5.41, 5.74) is 0.897. The van der Waals surface area contributed by atoms with Gasteiger partial charge in [-0.05, 0) is 40.4 Å². The zero-order valence-corrected chi connectivity index (χ0v) is 17.2. The number of para-hydroxylation sites is 2. The van der Waals surface area contributed by atoms with Gasteiger partial charge in [0.15, 0.2) is 16.8 Å². The quantitative estimate of drug-likeness (QED) is 0.407. The lowest BCUT2D eigenvalue weighted by atomic mass is 10.3. The number of nitrogens with zero attached hydrogens (tertiary/aromatic N) is 7. The van der Waals surface area contributed by atoms with Gasteiger partial charge in [0.2, 0.25) is 0 Å². The molecule has 0 aliphatic rings. The molecule has 4 aromatic rings. The molecule has 0 atom stereocenters. The third-order valence-electron chi connectivity index (χ3n) is 4.07. The van der Waals surface area contributed by atoms with Crippen molar-refractivity contribution in [1.29, 1.82) is 0 Å². The van der Waals surface area contributed by atoms with Gasteiger partial charge in [0.05, 0.1) is 23.4 Å². The van der Waals surface area contributed by atoms with Crippen LogP contribution in [0.3, 0.4) is 0 Å². The zero-order chi connectivity index (χ0) is 19.3. The van der Waals surface area contributed by atoms with Gasteiger partial charge < -0.3 is 4.74 Å². The number of benzene rings is 1. The van der Waals surface area contributed by atoms with Crippen LogP contribution in [0.5, 0.6) is 5.75 Å². The standard InChI is InChI=1S/C18H19N7OS2/c1-3-10-24-16(19-22-23-24)12-28-18-21-20-17(15-9-6-11-27-15)25(18)13-7-4-5-8-14(13)26-2/h4-9,11H,3,10,12H2,1-2H3. The van der Waals surface area contributed by atoms with Crippen LogP contribution in [-0.2, 0) is 12.3 Å². The van der Waals surface area contributed by atoms with Crippen molar-refractivity contribution in [3.8, 4) is 22.1 Å². The second kappa shape index (κ2) is 8.53. The topological polar surface area (TPSA) is 83.5 Å². The largest absolute Gasteiger partial charge is 0.495 e. The van der Waals surface area contributed by atoms with Crippen LogP contribution in [0.15, 0.2) is 46.9 Å². The highest BCUT2D eigenvalue weighted by molar-refractivity contribution is 7.98. The molecule has 8 nitrogen and oxygen atoms in total. The first-order valence-electron chi connectivity index (χ1n) is 8.82. The minimum absolute atomic E-state index is 0.602. The number of tetrazole rings is 1. The van der Waals surface area contributed by atoms with Gasteiger partial charge in [-0.25, -0.2) is 4.68 Å². The molecule has 3 heterocycles. The Balaban J connectivity index is 1.72. The summed E-state index contributed by atoms with van der Waals surface area (Å²) in [6.45, 7) is 2.90. The highest BCUT2D eigenvalue weighted by atomic mass is 32.2. The van der Waals surface area contributed by atoms with Gasteiger partial charge in [0.1, 0.15) is 5.75 Å². The molecule has 0 bridgehead atoms. The monoisotopic (exact) mass is 413 g/mol. The Morgan fingerprint density at radius 3 is 2.79 bits per heavy atom. The minimum Gasteiger partial charge on any atom is -0.495 e. The predicted octanol–water partition coefficient (Wildman–Crippen LogP) is 3.69. The zero-order valence-electron chi connectivity index (χ0n) is 15.5. The van der Waals surface area contributed by atoms with E-state index >= 15 is 0 Å². The number of hydrogen-bond acceptors (Lipinski definition) is 8. The molecule has 3 aromatic heterocycles. The van der Waals surface area contributed by atoms with Crippen molar-refractivity contribution in [3.63, 3.8) is 0 Å². The maximum absolute atomic E-state index is 5.58. The van der Waals surface area contributed by atoms with E-state index in [2.05, 4.69) is 32.6 Å². The Bertz CT molecular complexity index is 1040. The molecular weight excluding hydrogens is 394 g/mol. The second-order valence-electron chi connectivity index (χ2n) is 5.90. The fourth-order valence-corrected chi connectivity index (χ4v) is 4.38. The average molecular weight is 414 g/mol. The van der Waals surface area contributed by atoms with E-state index in [1.165, 1.54) is 0 Å². The van der Waals surface area contributed by atoms with E-state index in [4.69, 9.17) is 4.74 Å². The van der Waals surface area contributed by atoms with Crippen LogP contribution in [0.2, 0.25) is 0 Å². The van der Waals surface area contributed by atoms with Crippen LogP contribution in [0.25, 0.3) is 16.4 Å². The summed E-state index contributed by atoms with van der Waals surface area (Å²) >= 11 is 3.18. The van der Waals surface area contributed by atoms with Crippen molar-refractivity contribution in [3.05, 3.63) is 47.6 Å². The smallest absolute Gasteiger partial charge is 0.196 e. The first-order valence-corrected chi connectivity index (χ1v) is 10.7. The highest BCUT2D eigenvalue weighted by Crippen LogP contribution is 2.34. The number of hydrogen-bond donors (Lipinski definition) is 0. The summed E-state index contributed by atoms with van der Waals surface area (Å²) in [7, 11) is 1.67. The fraction of sp³-hybridized carbons (Fsp3) is 0.278. The van der Waals surface area contributed by atoms with E-state index in [0.29, 0.717) is 5.75 Å². The van der Waals surface area contributed by atoms with Crippen molar-refractivity contribution < 1.29 is 4.74 Å². The van der Waals surface area contributed by atoms with Gasteiger partial charge in [-0.3, -0.25) is 4.57 Å². The van der Waals surface area contributed by atoms with Gasteiger partial charge in [0.25, 0.3) is 0 Å². The summed E-state index contributed by atoms with van der Waals surface area (Å²) in [4.78, 5) is 1.04. The van der Waals surface area contributed by atoms with Crippen LogP contribution in [0.4, 0.5) is 0 Å². The Morgan fingerprint density at radius 2 is 2.00 bits per heavy atom. The van der Waals surface area contributed by atoms with Crippen LogP contribution < -0.4 is 4.74 Å². The molecule has 0 amide bonds. The Hall–Kier alpha value is -2.72. The number of methoxy groups -OCH3 is 1. The first kappa shape index (κ1) is 18.6. The van der Waals surface area contributed by atoms with Crippen LogP contribution in [-0.4, -0.2) is 42.1 Å². The maximum Gasteiger partial charge on any atom is 0.196 e. The molecule has 28 heavy (non-hydrogen) atoms. The SMILES string of the molecule is CCCn1nnnc1CSc1nnc(-c2cccs2)n1-c1ccccc1OC. The van der Waals surface area contributed by atoms with Gasteiger partial charge in [-0.15, -0.1) is 26.6 Å². The van der Waals surface area contributed by atoms with Crippen LogP contribution in [0.1, 0.15) is 19.2 Å². The van der Waals surface area contributed by atoms with E-state index in [9.17, 15) is 0 Å². The van der Waals surface area contributed by atoms with E-state index in [0.717, 1.165) is 46.1 Å². The number of aryl methyl sites for hydroxylation is 1. The van der Waals surface area contributed by atoms with E-state index in [-0.39, 0.29) is 0 Å². The van der Waals surface area contributed by atoms with Gasteiger partial charge in [-0.1, -0.05) is 36.9 Å². The number of rotatable bonds is 8. The summed E-state index contributed by atoms with van der Waals surface area (Å²) in [5, 5.41) is 23.7. The van der Waals surface area contributed by atoms with E-state index < -0.39 is 0 Å². The lowest BCUT2D eigenvalue weighted by Gasteiger charge is -2.13. The summed E-state index contributed by atoms with van der Waals surface area (Å²) in [6, 6.07) is 11.9. The predicted molar refractivity (Wildman–Crippen MR) is 109 cm³/mol. The van der Waals surface area contributed by atoms with Crippen molar-refractivity contribution in [2.75, 3.05) is 7.11 Å². The van der Waals surface area contributed by atoms with Crippen LogP contribution >= 0.6 is 23.1 Å². The van der Waals surface area contributed by atoms with Crippen molar-refractivity contribution in [1.82, 2.24) is 35.0 Å². The molecule has 0 radical (unpaired) electrons. The van der Waals surface area contributed by atoms with Gasteiger partial charge in [0, 0.05) is 6.54 Å². The number of thiophene rings is 1. The molecule has 0 unspecified atom stereocenters. The number of aromatic nitrogens is 7. The van der Waals surface area contributed by atoms with Gasteiger partial charge in [-0.2, -0.15) is 0 Å². The molecule has 10 heteroatoms. The lowest BCUT2D eigenvalue weighted by molar-refractivity contribution is 0.412. The number of thioether (sulfide) groups is 1. The summed E-state index contributed by atoms with van der Waals surface area (Å²) in [6.07, 6.45) is 0.975. The maximum atomic E-state index is 5.58. The molecule has 144 valence electrons. The molecular formula is C18H19N7OS2. The Morgan fingerprint density at radius 1 is 1.11 bits per heavy atom. The molecule has 0 spiro atoms. The highest BCUT2D eigenvalue weighted by Gasteiger charge is 2.20. The first-order chi connectivity index (χ1) is 13.8. The number of ether oxygens (including phenoxy) is 1. The lowest BCUT2D eigenvalue weighted by Crippen LogP contribution is -2.05. The van der Waals surface area contributed by atoms with Crippen LogP contribution in [0, 0.1) is 0 Å². The third kappa shape index (κ3) is 3.65. The molecule has 0 saturated carbocycles. The van der Waals surface area contributed by atoms with E-state index in [1.807, 2.05) is 51.0 Å². The molecule has 1 aromatic carbocycles. The Labute approximate surface area is 170 Å². The van der Waals surface area contributed by atoms with E-state index in [1.54, 1.807) is 30.2 Å². The fourth-order valence-electron chi connectivity index (χ4n) is 2.80. The normalized spacial score (nSPS) is 11.1. The molecule has 4 rings (SSSR count). The molecule has 0 aliphatic carbocycles. The van der Waals surface area contributed by atoms with Crippen molar-refractivity contribution in [2.24, 2.45) is 0 Å². The minimum atomic E-state index is 0.602. The van der Waals surface area contributed by atoms with Gasteiger partial charge >= 0.3 is 0 Å². The molecule has 0 aliphatic heterocycles. The molecule has 0 N–H and O–H groups in total. The van der Waals surface area contributed by atoms with Crippen molar-refractivity contribution >= 4 is 23.1 Å². The summed E-state index contributed by atoms with van der Waals surface area (Å²) < 4.78 is 9.44. The molecule has 0 fully saturated rings. The average Bonchev–Trinajstić information content (AvgIpc) is 3.47. The van der Waals surface area contributed by atoms with Crippen molar-refractivity contribution in [2.45, 2.75) is 30.8 Å². The third-order valence-corrected chi connectivity index (χ3v) is 5.86. The molecule has 0 saturated heterocycles. The summed E-state index contributed by atoms with van der Waals surface area (Å²) in [5.74, 6) is 2.97. The Kier molecular flexibility index (Phi) is 5.68.